The van der Waals surface area contributed by atoms with Crippen molar-refractivity contribution in [3.8, 4) is 11.5 Å². The van der Waals surface area contributed by atoms with Gasteiger partial charge in [-0.2, -0.15) is 0 Å². The number of benzene rings is 1. The predicted octanol–water partition coefficient (Wildman–Crippen LogP) is 0.106. The summed E-state index contributed by atoms with van der Waals surface area (Å²) >= 11 is 0. The molecule has 104 valence electrons. The second-order valence-corrected chi connectivity index (χ2v) is 5.57. The van der Waals surface area contributed by atoms with E-state index in [1.807, 2.05) is 23.1 Å². The van der Waals surface area contributed by atoms with Crippen molar-refractivity contribution in [3.05, 3.63) is 18.2 Å². The van der Waals surface area contributed by atoms with Crippen LogP contribution >= 0.6 is 0 Å². The third-order valence-corrected chi connectivity index (χ3v) is 4.04. The molecular formula is C12H16N2O4S. The van der Waals surface area contributed by atoms with E-state index in [0.717, 1.165) is 43.4 Å². The molecule has 2 aliphatic heterocycles. The molecule has 7 heteroatoms. The van der Waals surface area contributed by atoms with Crippen LogP contribution < -0.4 is 14.4 Å². The monoisotopic (exact) mass is 284 g/mol. The zero-order chi connectivity index (χ0) is 13.2. The van der Waals surface area contributed by atoms with Gasteiger partial charge in [0.1, 0.15) is 0 Å². The molecular weight excluding hydrogens is 268 g/mol. The number of thiol groups is 1. The van der Waals surface area contributed by atoms with Crippen molar-refractivity contribution >= 4 is 16.4 Å². The summed E-state index contributed by atoms with van der Waals surface area (Å²) in [6.07, 6.45) is 0. The van der Waals surface area contributed by atoms with Crippen LogP contribution in [0.4, 0.5) is 5.69 Å². The molecule has 0 saturated carbocycles. The summed E-state index contributed by atoms with van der Waals surface area (Å²) in [5, 5.41) is 0. The molecule has 1 saturated heterocycles. The number of rotatable bonds is 3. The normalized spacial score (nSPS) is 19.1. The van der Waals surface area contributed by atoms with Gasteiger partial charge in [0.15, 0.2) is 22.2 Å². The van der Waals surface area contributed by atoms with Crippen molar-refractivity contribution in [1.82, 2.24) is 4.90 Å². The molecule has 1 aromatic carbocycles. The summed E-state index contributed by atoms with van der Waals surface area (Å²) in [4.78, 5) is 4.19. The minimum absolute atomic E-state index is 0.157. The molecule has 1 aromatic rings. The number of ether oxygens (including phenoxy) is 2. The van der Waals surface area contributed by atoms with Gasteiger partial charge in [-0.25, -0.2) is 8.42 Å². The minimum Gasteiger partial charge on any atom is -0.454 e. The maximum absolute atomic E-state index is 10.7. The molecule has 0 aliphatic carbocycles. The number of hydrogen-bond acceptors (Lipinski definition) is 6. The summed E-state index contributed by atoms with van der Waals surface area (Å²) in [6, 6.07) is 5.90. The van der Waals surface area contributed by atoms with Crippen molar-refractivity contribution in [3.63, 3.8) is 0 Å². The zero-order valence-electron chi connectivity index (χ0n) is 10.4. The van der Waals surface area contributed by atoms with Gasteiger partial charge >= 0.3 is 0 Å². The van der Waals surface area contributed by atoms with Gasteiger partial charge < -0.3 is 14.4 Å². The van der Waals surface area contributed by atoms with Crippen LogP contribution in [0, 0.1) is 0 Å². The molecule has 0 aromatic heterocycles. The van der Waals surface area contributed by atoms with Crippen LogP contribution in [0.15, 0.2) is 18.2 Å². The van der Waals surface area contributed by atoms with Crippen LogP contribution in [0.5, 0.6) is 11.5 Å². The number of fused-ring (bicyclic) bond motifs is 1. The van der Waals surface area contributed by atoms with Crippen LogP contribution in [0.2, 0.25) is 0 Å². The Morgan fingerprint density at radius 3 is 2.53 bits per heavy atom. The maximum Gasteiger partial charge on any atom is 0.231 e. The molecule has 0 atom stereocenters. The Morgan fingerprint density at radius 1 is 1.05 bits per heavy atom. The Labute approximate surface area is 113 Å². The second-order valence-electron chi connectivity index (χ2n) is 4.62. The lowest BCUT2D eigenvalue weighted by Gasteiger charge is -2.35. The Bertz CT molecular complexity index is 531. The molecule has 0 bridgehead atoms. The molecule has 0 amide bonds. The van der Waals surface area contributed by atoms with Crippen LogP contribution in [-0.2, 0) is 10.7 Å². The van der Waals surface area contributed by atoms with Gasteiger partial charge in [-0.1, -0.05) is 0 Å². The Hall–Kier alpha value is -1.47. The van der Waals surface area contributed by atoms with Gasteiger partial charge in [0.2, 0.25) is 6.79 Å². The summed E-state index contributed by atoms with van der Waals surface area (Å²) in [5.74, 6) is 1.72. The van der Waals surface area contributed by atoms with Crippen LogP contribution in [0.3, 0.4) is 0 Å². The fraction of sp³-hybridized carbons (Fsp3) is 0.500. The molecule has 2 aliphatic rings. The highest BCUT2D eigenvalue weighted by atomic mass is 32.2. The number of hydrogen-bond donors (Lipinski definition) is 1. The lowest BCUT2D eigenvalue weighted by Crippen LogP contribution is -2.46. The summed E-state index contributed by atoms with van der Waals surface area (Å²) in [6.45, 7) is 3.45. The maximum atomic E-state index is 10.7. The first-order valence-corrected chi connectivity index (χ1v) is 7.57. The third kappa shape index (κ3) is 2.76. The molecule has 0 spiro atoms. The molecule has 0 radical (unpaired) electrons. The number of piperazine rings is 1. The Kier molecular flexibility index (Phi) is 3.48. The van der Waals surface area contributed by atoms with Crippen molar-refractivity contribution in [2.45, 2.75) is 0 Å². The lowest BCUT2D eigenvalue weighted by atomic mass is 10.2. The Balaban J connectivity index is 1.65. The number of nitrogens with zero attached hydrogens (tertiary/aromatic N) is 2. The van der Waals surface area contributed by atoms with Gasteiger partial charge in [-0.05, 0) is 12.1 Å². The fourth-order valence-electron chi connectivity index (χ4n) is 2.39. The van der Waals surface area contributed by atoms with E-state index in [2.05, 4.69) is 4.90 Å². The standard InChI is InChI=1S/C12H16N2O4S/c15-19(16)8-13-3-5-14(6-4-13)10-1-2-11-12(7-10)18-9-17-11/h1-2,7,19H,3-6,8-9H2. The SMILES string of the molecule is O=[SH](=O)CN1CCN(c2ccc3c(c2)OCO3)CC1. The van der Waals surface area contributed by atoms with E-state index in [4.69, 9.17) is 9.47 Å². The second kappa shape index (κ2) is 5.26. The smallest absolute Gasteiger partial charge is 0.231 e. The molecule has 2 heterocycles. The van der Waals surface area contributed by atoms with Crippen LogP contribution in [0.25, 0.3) is 0 Å². The first kappa shape index (κ1) is 12.6. The first-order chi connectivity index (χ1) is 9.22. The summed E-state index contributed by atoms with van der Waals surface area (Å²) in [5.41, 5.74) is 1.09. The molecule has 6 nitrogen and oxygen atoms in total. The van der Waals surface area contributed by atoms with E-state index in [1.165, 1.54) is 0 Å². The van der Waals surface area contributed by atoms with E-state index in [1.54, 1.807) is 0 Å². The molecule has 0 unspecified atom stereocenters. The molecule has 1 fully saturated rings. The third-order valence-electron chi connectivity index (χ3n) is 3.41. The first-order valence-electron chi connectivity index (χ1n) is 6.21. The van der Waals surface area contributed by atoms with Gasteiger partial charge in [-0.15, -0.1) is 0 Å². The van der Waals surface area contributed by atoms with Crippen LogP contribution in [-0.4, -0.2) is 52.2 Å². The highest BCUT2D eigenvalue weighted by molar-refractivity contribution is 7.72. The number of anilines is 1. The highest BCUT2D eigenvalue weighted by Crippen LogP contribution is 2.35. The van der Waals surface area contributed by atoms with Crippen molar-refractivity contribution in [2.75, 3.05) is 43.7 Å². The minimum atomic E-state index is -2.32. The van der Waals surface area contributed by atoms with Crippen molar-refractivity contribution in [1.29, 1.82) is 0 Å². The van der Waals surface area contributed by atoms with E-state index in [-0.39, 0.29) is 12.7 Å². The largest absolute Gasteiger partial charge is 0.454 e. The fourth-order valence-corrected chi connectivity index (χ4v) is 3.00. The quantitative estimate of drug-likeness (QED) is 0.795. The summed E-state index contributed by atoms with van der Waals surface area (Å²) < 4.78 is 32.0. The Morgan fingerprint density at radius 2 is 1.79 bits per heavy atom. The zero-order valence-corrected chi connectivity index (χ0v) is 11.3. The molecule has 3 rings (SSSR count). The van der Waals surface area contributed by atoms with Crippen LogP contribution in [0.1, 0.15) is 0 Å². The van der Waals surface area contributed by atoms with Gasteiger partial charge in [-0.3, -0.25) is 4.90 Å². The lowest BCUT2D eigenvalue weighted by molar-refractivity contribution is 0.174. The average molecular weight is 284 g/mol. The average Bonchev–Trinajstić information content (AvgIpc) is 2.86. The summed E-state index contributed by atoms with van der Waals surface area (Å²) in [7, 11) is -2.32. The van der Waals surface area contributed by atoms with Crippen molar-refractivity contribution in [2.24, 2.45) is 0 Å². The predicted molar refractivity (Wildman–Crippen MR) is 71.5 cm³/mol. The van der Waals surface area contributed by atoms with E-state index in [9.17, 15) is 8.42 Å². The van der Waals surface area contributed by atoms with Crippen molar-refractivity contribution < 1.29 is 17.9 Å². The topological polar surface area (TPSA) is 59.1 Å². The molecule has 0 N–H and O–H groups in total. The van der Waals surface area contributed by atoms with Gasteiger partial charge in [0, 0.05) is 37.9 Å². The van der Waals surface area contributed by atoms with Gasteiger partial charge in [0.25, 0.3) is 0 Å². The van der Waals surface area contributed by atoms with E-state index < -0.39 is 10.7 Å². The highest BCUT2D eigenvalue weighted by Gasteiger charge is 2.20. The molecule has 19 heavy (non-hydrogen) atoms. The van der Waals surface area contributed by atoms with E-state index in [0.29, 0.717) is 0 Å². The van der Waals surface area contributed by atoms with Gasteiger partial charge in [0.05, 0.1) is 5.88 Å². The van der Waals surface area contributed by atoms with E-state index >= 15 is 0 Å².